The van der Waals surface area contributed by atoms with Gasteiger partial charge >= 0.3 is 0 Å². The lowest BCUT2D eigenvalue weighted by Gasteiger charge is -2.32. The van der Waals surface area contributed by atoms with Crippen LogP contribution in [-0.4, -0.2) is 22.2 Å². The number of ether oxygens (including phenoxy) is 1. The summed E-state index contributed by atoms with van der Waals surface area (Å²) in [5.41, 5.74) is 6.70. The number of hydrogen-bond acceptors (Lipinski definition) is 6. The molecule has 6 nitrogen and oxygen atoms in total. The van der Waals surface area contributed by atoms with Gasteiger partial charge in [-0.3, -0.25) is 4.98 Å². The van der Waals surface area contributed by atoms with Crippen LogP contribution < -0.4 is 5.73 Å². The zero-order chi connectivity index (χ0) is 14.0. The van der Waals surface area contributed by atoms with Gasteiger partial charge < -0.3 is 15.0 Å². The molecular weight excluding hydrogens is 256 g/mol. The SMILES string of the molecule is COC1(c2noc(-c3ccncc3N)n2)CCCCC1. The maximum absolute atomic E-state index is 5.88. The van der Waals surface area contributed by atoms with Crippen molar-refractivity contribution in [2.24, 2.45) is 0 Å². The smallest absolute Gasteiger partial charge is 0.260 e. The normalized spacial score (nSPS) is 18.1. The van der Waals surface area contributed by atoms with Crippen molar-refractivity contribution in [3.63, 3.8) is 0 Å². The molecule has 6 heteroatoms. The molecule has 0 atom stereocenters. The number of nitrogens with zero attached hydrogens (tertiary/aromatic N) is 3. The van der Waals surface area contributed by atoms with E-state index in [1.54, 1.807) is 25.6 Å². The Labute approximate surface area is 117 Å². The summed E-state index contributed by atoms with van der Waals surface area (Å²) in [6, 6.07) is 1.77. The topological polar surface area (TPSA) is 87.1 Å². The van der Waals surface area contributed by atoms with E-state index < -0.39 is 5.60 Å². The van der Waals surface area contributed by atoms with Crippen LogP contribution >= 0.6 is 0 Å². The van der Waals surface area contributed by atoms with Crippen molar-refractivity contribution in [3.05, 3.63) is 24.3 Å². The van der Waals surface area contributed by atoms with E-state index in [0.29, 0.717) is 23.0 Å². The summed E-state index contributed by atoms with van der Waals surface area (Å²) in [6.07, 6.45) is 8.55. The Morgan fingerprint density at radius 2 is 2.10 bits per heavy atom. The lowest BCUT2D eigenvalue weighted by Crippen LogP contribution is -2.32. The van der Waals surface area contributed by atoms with Gasteiger partial charge in [-0.2, -0.15) is 4.98 Å². The molecule has 0 bridgehead atoms. The second kappa shape index (κ2) is 5.20. The van der Waals surface area contributed by atoms with Crippen molar-refractivity contribution in [3.8, 4) is 11.5 Å². The van der Waals surface area contributed by atoms with E-state index in [1.807, 2.05) is 0 Å². The van der Waals surface area contributed by atoms with Gasteiger partial charge in [0.2, 0.25) is 5.82 Å². The number of hydrogen-bond donors (Lipinski definition) is 1. The molecule has 2 aromatic heterocycles. The number of nitrogens with two attached hydrogens (primary N) is 1. The average molecular weight is 274 g/mol. The van der Waals surface area contributed by atoms with Gasteiger partial charge in [0, 0.05) is 13.3 Å². The Balaban J connectivity index is 1.95. The molecule has 0 spiro atoms. The Morgan fingerprint density at radius 1 is 1.30 bits per heavy atom. The molecule has 0 aliphatic heterocycles. The van der Waals surface area contributed by atoms with Crippen LogP contribution in [0.2, 0.25) is 0 Å². The number of anilines is 1. The molecule has 0 aromatic carbocycles. The molecular formula is C14H18N4O2. The monoisotopic (exact) mass is 274 g/mol. The van der Waals surface area contributed by atoms with Crippen LogP contribution in [0, 0.1) is 0 Å². The summed E-state index contributed by atoms with van der Waals surface area (Å²) >= 11 is 0. The standard InChI is InChI=1S/C14H18N4O2/c1-19-14(6-3-2-4-7-14)13-17-12(20-18-13)10-5-8-16-9-11(10)15/h5,8-9H,2-4,6-7,15H2,1H3. The van der Waals surface area contributed by atoms with Crippen molar-refractivity contribution in [2.75, 3.05) is 12.8 Å². The number of aromatic nitrogens is 3. The van der Waals surface area contributed by atoms with E-state index in [0.717, 1.165) is 25.7 Å². The summed E-state index contributed by atoms with van der Waals surface area (Å²) in [4.78, 5) is 8.45. The Hall–Kier alpha value is -1.95. The maximum Gasteiger partial charge on any atom is 0.260 e. The van der Waals surface area contributed by atoms with Gasteiger partial charge in [-0.05, 0) is 18.9 Å². The zero-order valence-electron chi connectivity index (χ0n) is 11.5. The first-order valence-electron chi connectivity index (χ1n) is 6.84. The highest BCUT2D eigenvalue weighted by Crippen LogP contribution is 2.39. The third-order valence-corrected chi connectivity index (χ3v) is 3.97. The van der Waals surface area contributed by atoms with Crippen molar-refractivity contribution < 1.29 is 9.26 Å². The van der Waals surface area contributed by atoms with E-state index in [-0.39, 0.29) is 0 Å². The van der Waals surface area contributed by atoms with E-state index in [2.05, 4.69) is 15.1 Å². The minimum Gasteiger partial charge on any atom is -0.397 e. The van der Waals surface area contributed by atoms with Gasteiger partial charge in [0.05, 0.1) is 17.4 Å². The van der Waals surface area contributed by atoms with Gasteiger partial charge in [0.25, 0.3) is 5.89 Å². The molecule has 1 aliphatic rings. The Kier molecular flexibility index (Phi) is 3.40. The summed E-state index contributed by atoms with van der Waals surface area (Å²) in [6.45, 7) is 0. The van der Waals surface area contributed by atoms with E-state index in [1.165, 1.54) is 6.42 Å². The quantitative estimate of drug-likeness (QED) is 0.925. The van der Waals surface area contributed by atoms with Gasteiger partial charge in [-0.25, -0.2) is 0 Å². The number of rotatable bonds is 3. The number of methoxy groups -OCH3 is 1. The summed E-state index contributed by atoms with van der Waals surface area (Å²) in [5.74, 6) is 1.04. The highest BCUT2D eigenvalue weighted by atomic mass is 16.5. The highest BCUT2D eigenvalue weighted by molar-refractivity contribution is 5.68. The first kappa shape index (κ1) is 13.1. The third-order valence-electron chi connectivity index (χ3n) is 3.97. The van der Waals surface area contributed by atoms with E-state index in [9.17, 15) is 0 Å². The number of nitrogen functional groups attached to an aromatic ring is 1. The predicted octanol–water partition coefficient (Wildman–Crippen LogP) is 2.52. The molecule has 0 radical (unpaired) electrons. The molecule has 20 heavy (non-hydrogen) atoms. The third kappa shape index (κ3) is 2.16. The van der Waals surface area contributed by atoms with Crippen molar-refractivity contribution in [1.29, 1.82) is 0 Å². The number of pyridine rings is 1. The molecule has 1 fully saturated rings. The summed E-state index contributed by atoms with van der Waals surface area (Å²) < 4.78 is 11.1. The molecule has 3 rings (SSSR count). The molecule has 0 amide bonds. The molecule has 2 heterocycles. The summed E-state index contributed by atoms with van der Waals surface area (Å²) in [7, 11) is 1.71. The largest absolute Gasteiger partial charge is 0.397 e. The second-order valence-corrected chi connectivity index (χ2v) is 5.15. The van der Waals surface area contributed by atoms with Gasteiger partial charge in [-0.15, -0.1) is 0 Å². The molecule has 2 aromatic rings. The molecule has 0 saturated heterocycles. The molecule has 1 saturated carbocycles. The first-order chi connectivity index (χ1) is 9.75. The maximum atomic E-state index is 5.88. The second-order valence-electron chi connectivity index (χ2n) is 5.15. The van der Waals surface area contributed by atoms with Crippen LogP contribution in [0.4, 0.5) is 5.69 Å². The molecule has 0 unspecified atom stereocenters. The first-order valence-corrected chi connectivity index (χ1v) is 6.84. The summed E-state index contributed by atoms with van der Waals surface area (Å²) in [5, 5.41) is 4.11. The van der Waals surface area contributed by atoms with Crippen LogP contribution in [-0.2, 0) is 10.3 Å². The lowest BCUT2D eigenvalue weighted by molar-refractivity contribution is -0.0527. The fourth-order valence-electron chi connectivity index (χ4n) is 2.76. The van der Waals surface area contributed by atoms with Crippen LogP contribution in [0.3, 0.4) is 0 Å². The van der Waals surface area contributed by atoms with Gasteiger partial charge in [-0.1, -0.05) is 24.4 Å². The fraction of sp³-hybridized carbons (Fsp3) is 0.500. The van der Waals surface area contributed by atoms with Crippen molar-refractivity contribution in [2.45, 2.75) is 37.7 Å². The highest BCUT2D eigenvalue weighted by Gasteiger charge is 2.38. The van der Waals surface area contributed by atoms with Crippen molar-refractivity contribution in [1.82, 2.24) is 15.1 Å². The van der Waals surface area contributed by atoms with Gasteiger partial charge in [0.15, 0.2) is 0 Å². The van der Waals surface area contributed by atoms with Crippen LogP contribution in [0.25, 0.3) is 11.5 Å². The Morgan fingerprint density at radius 3 is 2.80 bits per heavy atom. The molecule has 106 valence electrons. The van der Waals surface area contributed by atoms with E-state index in [4.69, 9.17) is 15.0 Å². The average Bonchev–Trinajstić information content (AvgIpc) is 2.98. The Bertz CT molecular complexity index is 590. The van der Waals surface area contributed by atoms with Crippen LogP contribution in [0.15, 0.2) is 23.0 Å². The minimum atomic E-state index is -0.415. The van der Waals surface area contributed by atoms with Crippen LogP contribution in [0.5, 0.6) is 0 Å². The lowest BCUT2D eigenvalue weighted by atomic mass is 9.84. The van der Waals surface area contributed by atoms with Gasteiger partial charge in [0.1, 0.15) is 5.60 Å². The van der Waals surface area contributed by atoms with Crippen LogP contribution in [0.1, 0.15) is 37.9 Å². The fourth-order valence-corrected chi connectivity index (χ4v) is 2.76. The zero-order valence-corrected chi connectivity index (χ0v) is 11.5. The van der Waals surface area contributed by atoms with Crippen molar-refractivity contribution >= 4 is 5.69 Å². The molecule has 2 N–H and O–H groups in total. The minimum absolute atomic E-state index is 0.415. The van der Waals surface area contributed by atoms with E-state index >= 15 is 0 Å². The molecule has 1 aliphatic carbocycles. The predicted molar refractivity (Wildman–Crippen MR) is 73.7 cm³/mol.